The third kappa shape index (κ3) is 7.44. The van der Waals surface area contributed by atoms with E-state index in [4.69, 9.17) is 10.1 Å². The summed E-state index contributed by atoms with van der Waals surface area (Å²) in [5.41, 5.74) is 5.67. The highest BCUT2D eigenvalue weighted by molar-refractivity contribution is 5.96. The normalized spacial score (nSPS) is 17.9. The van der Waals surface area contributed by atoms with Crippen LogP contribution in [0.3, 0.4) is 0 Å². The van der Waals surface area contributed by atoms with Crippen molar-refractivity contribution in [2.45, 2.75) is 63.5 Å². The number of carbonyl (C=O) groups is 1. The first kappa shape index (κ1) is 32.2. The first-order valence-corrected chi connectivity index (χ1v) is 16.3. The molecule has 0 aliphatic carbocycles. The van der Waals surface area contributed by atoms with Crippen LogP contribution in [0.5, 0.6) is 0 Å². The van der Waals surface area contributed by atoms with E-state index in [9.17, 15) is 23.1 Å². The molecule has 0 bridgehead atoms. The number of halogens is 3. The Hall–Kier alpha value is -3.76. The molecule has 6 rings (SSSR count). The number of ketones is 1. The van der Waals surface area contributed by atoms with Crippen molar-refractivity contribution in [3.05, 3.63) is 94.9 Å². The van der Waals surface area contributed by atoms with Gasteiger partial charge in [0.1, 0.15) is 0 Å². The molecule has 2 fully saturated rings. The van der Waals surface area contributed by atoms with E-state index in [-0.39, 0.29) is 23.7 Å². The van der Waals surface area contributed by atoms with Crippen molar-refractivity contribution in [2.75, 3.05) is 44.2 Å². The summed E-state index contributed by atoms with van der Waals surface area (Å²) in [5.74, 6) is 1.05. The van der Waals surface area contributed by atoms with Gasteiger partial charge in [0.05, 0.1) is 18.8 Å². The van der Waals surface area contributed by atoms with Gasteiger partial charge in [-0.05, 0) is 81.3 Å². The highest BCUT2D eigenvalue weighted by atomic mass is 19.4. The SMILES string of the molecule is Cc1ccc(C2(CO)CCN(c3cccn4nc(Cc5ccc(C(=O)CCC6CCN(CC(F)(F)F)CC6)cc5)nc34)CC2)cc1. The van der Waals surface area contributed by atoms with E-state index >= 15 is 0 Å². The summed E-state index contributed by atoms with van der Waals surface area (Å²) in [4.78, 5) is 21.6. The average Bonchev–Trinajstić information content (AvgIpc) is 3.47. The second-order valence-electron chi connectivity index (χ2n) is 13.2. The fourth-order valence-corrected chi connectivity index (χ4v) is 7.04. The van der Waals surface area contributed by atoms with Crippen LogP contribution >= 0.6 is 0 Å². The van der Waals surface area contributed by atoms with Gasteiger partial charge in [-0.15, -0.1) is 0 Å². The van der Waals surface area contributed by atoms with Crippen LogP contribution in [0.15, 0.2) is 66.9 Å². The fraction of sp³-hybridized carbons (Fsp3) is 0.472. The molecule has 0 saturated carbocycles. The molecule has 0 radical (unpaired) electrons. The molecular weight excluding hydrogens is 591 g/mol. The summed E-state index contributed by atoms with van der Waals surface area (Å²) in [6, 6.07) is 20.2. The van der Waals surface area contributed by atoms with E-state index in [1.165, 1.54) is 16.0 Å². The number of hydrogen-bond donors (Lipinski definition) is 1. The van der Waals surface area contributed by atoms with Gasteiger partial charge in [0.15, 0.2) is 17.3 Å². The van der Waals surface area contributed by atoms with Crippen LogP contribution in [-0.4, -0.2) is 75.9 Å². The third-order valence-corrected chi connectivity index (χ3v) is 9.94. The van der Waals surface area contributed by atoms with Crippen LogP contribution in [0.4, 0.5) is 18.9 Å². The first-order valence-electron chi connectivity index (χ1n) is 16.3. The molecule has 10 heteroatoms. The molecule has 4 aromatic rings. The van der Waals surface area contributed by atoms with Gasteiger partial charge in [-0.1, -0.05) is 54.1 Å². The fourth-order valence-electron chi connectivity index (χ4n) is 7.04. The zero-order chi connectivity index (χ0) is 32.3. The monoisotopic (exact) mass is 633 g/mol. The summed E-state index contributed by atoms with van der Waals surface area (Å²) < 4.78 is 39.8. The van der Waals surface area contributed by atoms with E-state index in [0.717, 1.165) is 42.8 Å². The number of aliphatic hydroxyl groups is 1. The maximum Gasteiger partial charge on any atom is 0.401 e. The van der Waals surface area contributed by atoms with Gasteiger partial charge in [-0.2, -0.15) is 18.3 Å². The Morgan fingerprint density at radius 2 is 1.67 bits per heavy atom. The Morgan fingerprint density at radius 1 is 0.978 bits per heavy atom. The van der Waals surface area contributed by atoms with Crippen LogP contribution in [0.1, 0.15) is 71.4 Å². The molecule has 2 saturated heterocycles. The zero-order valence-corrected chi connectivity index (χ0v) is 26.3. The molecule has 0 spiro atoms. The number of aliphatic hydroxyl groups excluding tert-OH is 1. The van der Waals surface area contributed by atoms with Gasteiger partial charge in [0, 0.05) is 43.1 Å². The number of carbonyl (C=O) groups excluding carboxylic acids is 1. The minimum absolute atomic E-state index is 0.0638. The molecule has 0 atom stereocenters. The summed E-state index contributed by atoms with van der Waals surface area (Å²) in [6.45, 7) is 3.83. The molecule has 2 aromatic heterocycles. The Kier molecular flexibility index (Phi) is 9.47. The Balaban J connectivity index is 1.04. The average molecular weight is 634 g/mol. The van der Waals surface area contributed by atoms with Crippen LogP contribution < -0.4 is 4.90 Å². The number of likely N-dealkylation sites (tertiary alicyclic amines) is 1. The van der Waals surface area contributed by atoms with Gasteiger partial charge in [0.2, 0.25) is 0 Å². The molecule has 2 aromatic carbocycles. The highest BCUT2D eigenvalue weighted by Crippen LogP contribution is 2.37. The predicted octanol–water partition coefficient (Wildman–Crippen LogP) is 6.40. The molecular formula is C36H42F3N5O2. The van der Waals surface area contributed by atoms with Crippen LogP contribution in [-0.2, 0) is 11.8 Å². The molecule has 1 N–H and O–H groups in total. The molecule has 0 amide bonds. The summed E-state index contributed by atoms with van der Waals surface area (Å²) >= 11 is 0. The lowest BCUT2D eigenvalue weighted by Gasteiger charge is -2.42. The maximum atomic E-state index is 12.9. The number of aromatic nitrogens is 3. The number of hydrogen-bond acceptors (Lipinski definition) is 6. The number of fused-ring (bicyclic) bond motifs is 1. The number of piperidine rings is 2. The minimum atomic E-state index is -4.16. The number of rotatable bonds is 10. The molecule has 2 aliphatic heterocycles. The van der Waals surface area contributed by atoms with E-state index in [1.54, 1.807) is 0 Å². The van der Waals surface area contributed by atoms with Gasteiger partial charge >= 0.3 is 6.18 Å². The molecule has 2 aliphatic rings. The zero-order valence-electron chi connectivity index (χ0n) is 26.3. The molecule has 0 unspecified atom stereocenters. The minimum Gasteiger partial charge on any atom is -0.395 e. The van der Waals surface area contributed by atoms with Crippen LogP contribution in [0.25, 0.3) is 5.65 Å². The van der Waals surface area contributed by atoms with E-state index < -0.39 is 12.7 Å². The summed E-state index contributed by atoms with van der Waals surface area (Å²) in [7, 11) is 0. The van der Waals surface area contributed by atoms with Crippen molar-refractivity contribution >= 4 is 17.1 Å². The van der Waals surface area contributed by atoms with Crippen LogP contribution in [0, 0.1) is 12.8 Å². The maximum absolute atomic E-state index is 12.9. The molecule has 244 valence electrons. The van der Waals surface area contributed by atoms with Crippen molar-refractivity contribution < 1.29 is 23.1 Å². The van der Waals surface area contributed by atoms with Crippen molar-refractivity contribution in [2.24, 2.45) is 5.92 Å². The Morgan fingerprint density at radius 3 is 2.33 bits per heavy atom. The standard InChI is InChI=1S/C36H42F3N5O2/c1-26-4-11-30(12-5-26)35(25-45)16-21-43(22-17-35)31-3-2-18-44-34(31)40-33(41-44)23-28-6-9-29(10-7-28)32(46)13-8-27-14-19-42(20-15-27)24-36(37,38)39/h2-7,9-12,18,27,45H,8,13-17,19-25H2,1H3. The van der Waals surface area contributed by atoms with Crippen molar-refractivity contribution in [3.63, 3.8) is 0 Å². The number of pyridine rings is 1. The quantitative estimate of drug-likeness (QED) is 0.204. The topological polar surface area (TPSA) is 74.0 Å². The van der Waals surface area contributed by atoms with Gasteiger partial charge in [0.25, 0.3) is 0 Å². The van der Waals surface area contributed by atoms with Crippen molar-refractivity contribution in [3.8, 4) is 0 Å². The van der Waals surface area contributed by atoms with E-state index in [2.05, 4.69) is 42.2 Å². The predicted molar refractivity (Wildman–Crippen MR) is 172 cm³/mol. The number of Topliss-reactive ketones (excluding diaryl/α,β-unsaturated/α-hetero) is 1. The van der Waals surface area contributed by atoms with Gasteiger partial charge in [-0.25, -0.2) is 9.50 Å². The first-order chi connectivity index (χ1) is 22.1. The van der Waals surface area contributed by atoms with Gasteiger partial charge < -0.3 is 10.0 Å². The Bertz CT molecular complexity index is 1620. The number of alkyl halides is 3. The van der Waals surface area contributed by atoms with E-state index in [1.807, 2.05) is 41.0 Å². The van der Waals surface area contributed by atoms with Crippen LogP contribution in [0.2, 0.25) is 0 Å². The summed E-state index contributed by atoms with van der Waals surface area (Å²) in [6.07, 6.45) is 2.49. The molecule has 4 heterocycles. The second kappa shape index (κ2) is 13.5. The number of nitrogens with zero attached hydrogens (tertiary/aromatic N) is 5. The number of aryl methyl sites for hydroxylation is 1. The highest BCUT2D eigenvalue weighted by Gasteiger charge is 2.36. The Labute approximate surface area is 268 Å². The lowest BCUT2D eigenvalue weighted by Crippen LogP contribution is -2.45. The lowest BCUT2D eigenvalue weighted by atomic mass is 9.73. The number of anilines is 1. The largest absolute Gasteiger partial charge is 0.401 e. The van der Waals surface area contributed by atoms with E-state index in [0.29, 0.717) is 56.6 Å². The third-order valence-electron chi connectivity index (χ3n) is 9.94. The van der Waals surface area contributed by atoms with Gasteiger partial charge in [-0.3, -0.25) is 9.69 Å². The molecule has 46 heavy (non-hydrogen) atoms. The van der Waals surface area contributed by atoms with Crippen molar-refractivity contribution in [1.82, 2.24) is 19.5 Å². The smallest absolute Gasteiger partial charge is 0.395 e. The lowest BCUT2D eigenvalue weighted by molar-refractivity contribution is -0.148. The molecule has 7 nitrogen and oxygen atoms in total. The summed E-state index contributed by atoms with van der Waals surface area (Å²) in [5, 5.41) is 15.1. The second-order valence-corrected chi connectivity index (χ2v) is 13.2. The van der Waals surface area contributed by atoms with Crippen molar-refractivity contribution in [1.29, 1.82) is 0 Å². The number of benzene rings is 2.